The highest BCUT2D eigenvalue weighted by molar-refractivity contribution is 7.99. The fourth-order valence-corrected chi connectivity index (χ4v) is 8.31. The normalized spacial score (nSPS) is 18.5. The number of hydrogen-bond acceptors (Lipinski definition) is 9. The molecule has 0 saturated heterocycles. The van der Waals surface area contributed by atoms with Gasteiger partial charge in [-0.1, -0.05) is 47.6 Å². The van der Waals surface area contributed by atoms with Crippen molar-refractivity contribution in [1.29, 1.82) is 0 Å². The molecule has 0 spiro atoms. The molecule has 6 rings (SSSR count). The summed E-state index contributed by atoms with van der Waals surface area (Å²) in [6.07, 6.45) is 6.09. The van der Waals surface area contributed by atoms with E-state index in [9.17, 15) is 23.2 Å². The number of hydrogen-bond donors (Lipinski definition) is 6. The third-order valence-corrected chi connectivity index (χ3v) is 11.7. The lowest BCUT2D eigenvalue weighted by atomic mass is 10.0. The minimum absolute atomic E-state index is 0.0601. The predicted octanol–water partition coefficient (Wildman–Crippen LogP) is 5.22. The zero-order chi connectivity index (χ0) is 40.5. The quantitative estimate of drug-likeness (QED) is 0.0813. The van der Waals surface area contributed by atoms with Crippen molar-refractivity contribution in [3.05, 3.63) is 107 Å². The van der Waals surface area contributed by atoms with Gasteiger partial charge in [-0.25, -0.2) is 4.98 Å². The summed E-state index contributed by atoms with van der Waals surface area (Å²) in [5.41, 5.74) is 15.3. The monoisotopic (exact) mass is 817 g/mol. The average molecular weight is 818 g/mol. The van der Waals surface area contributed by atoms with Crippen molar-refractivity contribution >= 4 is 52.0 Å². The first-order valence-corrected chi connectivity index (χ1v) is 20.1. The van der Waals surface area contributed by atoms with Crippen LogP contribution in [0.2, 0.25) is 5.02 Å². The Morgan fingerprint density at radius 3 is 2.39 bits per heavy atom. The Balaban J connectivity index is 1.46. The van der Waals surface area contributed by atoms with Gasteiger partial charge in [0.15, 0.2) is 0 Å². The first-order chi connectivity index (χ1) is 27.6. The van der Waals surface area contributed by atoms with Gasteiger partial charge in [0.1, 0.15) is 17.1 Å². The number of para-hydroxylation sites is 1. The highest BCUT2D eigenvalue weighted by Gasteiger charge is 2.34. The molecule has 16 heteroatoms. The van der Waals surface area contributed by atoms with E-state index in [1.165, 1.54) is 16.7 Å². The Labute approximate surface area is 338 Å². The molecule has 0 radical (unpaired) electrons. The van der Waals surface area contributed by atoms with Gasteiger partial charge in [-0.05, 0) is 97.3 Å². The molecule has 1 aliphatic heterocycles. The topological polar surface area (TPSA) is 184 Å². The van der Waals surface area contributed by atoms with Crippen molar-refractivity contribution in [2.45, 2.75) is 79.7 Å². The molecular weight excluding hydrogens is 772 g/mol. The summed E-state index contributed by atoms with van der Waals surface area (Å²) in [5, 5.41) is 11.1. The fourth-order valence-electron chi connectivity index (χ4n) is 6.96. The van der Waals surface area contributed by atoms with Crippen molar-refractivity contribution in [3.63, 3.8) is 0 Å². The molecule has 0 aliphatic carbocycles. The van der Waals surface area contributed by atoms with E-state index in [4.69, 9.17) is 23.1 Å². The van der Waals surface area contributed by atoms with Crippen LogP contribution in [0.5, 0.6) is 0 Å². The van der Waals surface area contributed by atoms with E-state index < -0.39 is 41.8 Å². The van der Waals surface area contributed by atoms with Crippen molar-refractivity contribution in [2.75, 3.05) is 20.1 Å². The lowest BCUT2D eigenvalue weighted by Crippen LogP contribution is -2.57. The Kier molecular flexibility index (Phi) is 14.3. The number of nitrogens with two attached hydrogens (primary N) is 2. The van der Waals surface area contributed by atoms with Crippen LogP contribution in [0.25, 0.3) is 22.0 Å². The predicted molar refractivity (Wildman–Crippen MR) is 217 cm³/mol. The minimum atomic E-state index is -1.02. The number of fused-ring (bicyclic) bond motifs is 3. The van der Waals surface area contributed by atoms with Crippen LogP contribution in [-0.4, -0.2) is 75.8 Å². The lowest BCUT2D eigenvalue weighted by molar-refractivity contribution is -0.142. The number of nitrogens with one attached hydrogen (secondary N) is 4. The summed E-state index contributed by atoms with van der Waals surface area (Å²) >= 11 is 8.24. The van der Waals surface area contributed by atoms with E-state index in [0.717, 1.165) is 34.2 Å². The first-order valence-electron chi connectivity index (χ1n) is 18.9. The second-order valence-electron chi connectivity index (χ2n) is 14.0. The molecule has 300 valence electrons. The second kappa shape index (κ2) is 19.5. The van der Waals surface area contributed by atoms with Crippen LogP contribution in [0.1, 0.15) is 48.8 Å². The number of amides is 3. The van der Waals surface area contributed by atoms with Crippen molar-refractivity contribution in [2.24, 2.45) is 11.5 Å². The SMILES string of the molecule is CN1C(=O)[C@H](CCCCN)NC(=O)[C@H](CCCN)NCc2cccnc2Sc2c(Cl)cc(-c3cc(F)nc(F)c3)cc2CNC(=O)[C@@H]1Cc1c[nH]c2ccccc12. The third kappa shape index (κ3) is 10.3. The standard InChI is InChI=1S/C41H46ClF2N9O3S/c1-53-34(18-27-22-48-31-10-3-2-9-29(27)31)39(55)50-23-28-16-25(26-19-35(43)52-36(44)20-26)17-30(42)37(28)57-40-24(8-7-15-47-40)21-49-32(12-6-14-46)38(54)51-33(41(53)56)11-4-5-13-45/h2-3,7-10,15-17,19-20,22,32-34,48-49H,4-6,11-14,18,21,23,45-46H2,1H3,(H,50,55)(H,51,54)/t32-,33-,34-/m0/s1. The Morgan fingerprint density at radius 2 is 1.61 bits per heavy atom. The van der Waals surface area contributed by atoms with Gasteiger partial charge in [0.05, 0.1) is 11.1 Å². The molecule has 5 aromatic rings. The van der Waals surface area contributed by atoms with Gasteiger partial charge < -0.3 is 37.3 Å². The number of aromatic nitrogens is 3. The van der Waals surface area contributed by atoms with E-state index >= 15 is 0 Å². The number of halogens is 3. The summed E-state index contributed by atoms with van der Waals surface area (Å²) < 4.78 is 28.6. The zero-order valence-electron chi connectivity index (χ0n) is 31.5. The van der Waals surface area contributed by atoms with E-state index in [1.54, 1.807) is 31.4 Å². The van der Waals surface area contributed by atoms with Crippen LogP contribution in [-0.2, 0) is 33.9 Å². The van der Waals surface area contributed by atoms with Crippen LogP contribution in [0.15, 0.2) is 83.0 Å². The molecule has 0 saturated carbocycles. The number of aromatic amines is 1. The molecule has 1 aliphatic rings. The van der Waals surface area contributed by atoms with E-state index in [2.05, 4.69) is 30.9 Å². The lowest BCUT2D eigenvalue weighted by Gasteiger charge is -2.32. The van der Waals surface area contributed by atoms with Gasteiger partial charge in [0.2, 0.25) is 29.6 Å². The molecule has 3 aromatic heterocycles. The molecule has 2 aromatic carbocycles. The number of H-pyrrole nitrogens is 1. The smallest absolute Gasteiger partial charge is 0.245 e. The number of carbonyl (C=O) groups excluding carboxylic acids is 3. The van der Waals surface area contributed by atoms with Crippen LogP contribution >= 0.6 is 23.4 Å². The molecular formula is C41H46ClF2N9O3S. The molecule has 3 amide bonds. The number of nitrogens with zero attached hydrogens (tertiary/aromatic N) is 3. The molecule has 3 atom stereocenters. The fraction of sp³-hybridized carbons (Fsp3) is 0.341. The maximum atomic E-state index is 14.5. The first kappa shape index (κ1) is 41.7. The third-order valence-electron chi connectivity index (χ3n) is 10.0. The molecule has 12 nitrogen and oxygen atoms in total. The number of unbranched alkanes of at least 4 members (excludes halogenated alkanes) is 1. The largest absolute Gasteiger partial charge is 0.361 e. The number of pyridine rings is 2. The van der Waals surface area contributed by atoms with Gasteiger partial charge in [-0.15, -0.1) is 0 Å². The highest BCUT2D eigenvalue weighted by atomic mass is 35.5. The summed E-state index contributed by atoms with van der Waals surface area (Å²) in [7, 11) is 1.56. The molecule has 0 unspecified atom stereocenters. The van der Waals surface area contributed by atoms with E-state index in [1.807, 2.05) is 36.5 Å². The Morgan fingerprint density at radius 1 is 0.877 bits per heavy atom. The molecule has 8 N–H and O–H groups in total. The van der Waals surface area contributed by atoms with E-state index in [-0.39, 0.29) is 36.0 Å². The minimum Gasteiger partial charge on any atom is -0.361 e. The molecule has 57 heavy (non-hydrogen) atoms. The van der Waals surface area contributed by atoms with Crippen molar-refractivity contribution in [1.82, 2.24) is 35.8 Å². The maximum Gasteiger partial charge on any atom is 0.245 e. The summed E-state index contributed by atoms with van der Waals surface area (Å²) in [6, 6.07) is 14.2. The second-order valence-corrected chi connectivity index (χ2v) is 15.4. The molecule has 0 bridgehead atoms. The van der Waals surface area contributed by atoms with Crippen molar-refractivity contribution in [3.8, 4) is 11.1 Å². The number of rotatable bonds is 10. The van der Waals surface area contributed by atoms with Crippen LogP contribution in [0.4, 0.5) is 8.78 Å². The van der Waals surface area contributed by atoms with Gasteiger partial charge in [0.25, 0.3) is 0 Å². The summed E-state index contributed by atoms with van der Waals surface area (Å²) in [5.74, 6) is -3.26. The van der Waals surface area contributed by atoms with Crippen LogP contribution in [0, 0.1) is 11.9 Å². The summed E-state index contributed by atoms with van der Waals surface area (Å²) in [6.45, 7) is 0.965. The van der Waals surface area contributed by atoms with Gasteiger partial charge in [-0.2, -0.15) is 13.8 Å². The summed E-state index contributed by atoms with van der Waals surface area (Å²) in [4.78, 5) is 56.1. The van der Waals surface area contributed by atoms with Gasteiger partial charge in [0, 0.05) is 66.9 Å². The van der Waals surface area contributed by atoms with Gasteiger partial charge >= 0.3 is 0 Å². The number of benzene rings is 2. The molecule has 0 fully saturated rings. The highest BCUT2D eigenvalue weighted by Crippen LogP contribution is 2.40. The Bertz CT molecular complexity index is 2200. The average Bonchev–Trinajstić information content (AvgIpc) is 3.61. The number of carbonyl (C=O) groups is 3. The van der Waals surface area contributed by atoms with Crippen LogP contribution < -0.4 is 27.4 Å². The van der Waals surface area contributed by atoms with Crippen LogP contribution in [0.3, 0.4) is 0 Å². The maximum absolute atomic E-state index is 14.5. The zero-order valence-corrected chi connectivity index (χ0v) is 33.1. The number of likely N-dealkylation sites (N-methyl/N-ethyl adjacent to an activating group) is 1. The Hall–Kier alpha value is -4.93. The van der Waals surface area contributed by atoms with Crippen molar-refractivity contribution < 1.29 is 23.2 Å². The van der Waals surface area contributed by atoms with E-state index in [0.29, 0.717) is 66.2 Å². The molecule has 4 heterocycles. The van der Waals surface area contributed by atoms with Gasteiger partial charge in [-0.3, -0.25) is 14.4 Å².